The first-order valence-electron chi connectivity index (χ1n) is 4.34. The van der Waals surface area contributed by atoms with Gasteiger partial charge in [-0.25, -0.2) is 0 Å². The molecule has 80 valence electrons. The molecule has 0 saturated heterocycles. The van der Waals surface area contributed by atoms with Crippen LogP contribution in [0.5, 0.6) is 0 Å². The Bertz CT molecular complexity index is 209. The maximum Gasteiger partial charge on any atom is 0.483 e. The van der Waals surface area contributed by atoms with Gasteiger partial charge in [-0.3, -0.25) is 0 Å². The van der Waals surface area contributed by atoms with Gasteiger partial charge < -0.3 is 13.3 Å². The van der Waals surface area contributed by atoms with Crippen LogP contribution in [0.3, 0.4) is 0 Å². The summed E-state index contributed by atoms with van der Waals surface area (Å²) in [6.07, 6.45) is 0. The lowest BCUT2D eigenvalue weighted by molar-refractivity contribution is 0.163. The molecule has 0 atom stereocenters. The molecule has 0 spiro atoms. The quantitative estimate of drug-likeness (QED) is 0.644. The minimum Gasteiger partial charge on any atom is -0.379 e. The van der Waals surface area contributed by atoms with E-state index >= 15 is 0 Å². The van der Waals surface area contributed by atoms with Gasteiger partial charge in [0.25, 0.3) is 0 Å². The highest BCUT2D eigenvalue weighted by molar-refractivity contribution is 6.36. The van der Waals surface area contributed by atoms with Gasteiger partial charge in [0.05, 0.1) is 0 Å². The molecule has 0 N–H and O–H groups in total. The van der Waals surface area contributed by atoms with Gasteiger partial charge in [0, 0.05) is 31.6 Å². The largest absolute Gasteiger partial charge is 0.483 e. The summed E-state index contributed by atoms with van der Waals surface area (Å²) >= 11 is 0. The van der Waals surface area contributed by atoms with E-state index in [1.807, 2.05) is 6.07 Å². The number of benzene rings is 1. The van der Waals surface area contributed by atoms with Gasteiger partial charge in [-0.2, -0.15) is 0 Å². The van der Waals surface area contributed by atoms with Crippen molar-refractivity contribution in [3.05, 3.63) is 30.3 Å². The molecule has 1 rings (SSSR count). The molecule has 0 radical (unpaired) electrons. The molecule has 0 aliphatic rings. The molecule has 0 aromatic heterocycles. The number of hydrogen-bond acceptors (Lipinski definition) is 3. The molecule has 0 fully saturated rings. The lowest BCUT2D eigenvalue weighted by Gasteiger charge is -2.05. The van der Waals surface area contributed by atoms with Gasteiger partial charge in [0.1, 0.15) is 0 Å². The van der Waals surface area contributed by atoms with Crippen LogP contribution >= 0.6 is 0 Å². The molecule has 0 unspecified atom stereocenters. The zero-order chi connectivity index (χ0) is 10.8. The molecule has 0 aliphatic heterocycles. The number of rotatable bonds is 3. The summed E-state index contributed by atoms with van der Waals surface area (Å²) in [6, 6.07) is 10.5. The van der Waals surface area contributed by atoms with Crippen LogP contribution in [-0.2, 0) is 13.3 Å². The molecule has 1 aromatic rings. The van der Waals surface area contributed by atoms with Gasteiger partial charge in [0.2, 0.25) is 0 Å². The van der Waals surface area contributed by atoms with E-state index in [9.17, 15) is 0 Å². The third-order valence-electron chi connectivity index (χ3n) is 1.52. The van der Waals surface area contributed by atoms with Crippen molar-refractivity contribution in [1.82, 2.24) is 0 Å². The minimum atomic E-state index is -1.67. The summed E-state index contributed by atoms with van der Waals surface area (Å²) in [5, 5.41) is 1.46. The summed E-state index contributed by atoms with van der Waals surface area (Å²) in [7, 11) is 4.22. The molecule has 0 aliphatic carbocycles. The summed E-state index contributed by atoms with van der Waals surface area (Å²) in [6.45, 7) is 0. The lowest BCUT2D eigenvalue weighted by atomic mass is 10.4. The Balaban J connectivity index is 0.000000241. The summed E-state index contributed by atoms with van der Waals surface area (Å²) in [5.41, 5.74) is 0. The molecular formula is C9H18O3Si2. The average Bonchev–Trinajstić information content (AvgIpc) is 2.22. The van der Waals surface area contributed by atoms with Crippen LogP contribution in [-0.4, -0.2) is 41.1 Å². The second kappa shape index (κ2) is 9.10. The smallest absolute Gasteiger partial charge is 0.379 e. The van der Waals surface area contributed by atoms with Crippen LogP contribution in [0, 0.1) is 0 Å². The van der Waals surface area contributed by atoms with E-state index in [1.54, 1.807) is 21.3 Å². The highest BCUT2D eigenvalue weighted by Crippen LogP contribution is 1.81. The molecule has 0 saturated carbocycles. The highest BCUT2D eigenvalue weighted by atomic mass is 28.3. The third kappa shape index (κ3) is 6.99. The Kier molecular flexibility index (Phi) is 8.80. The molecule has 0 heterocycles. The Morgan fingerprint density at radius 2 is 1.36 bits per heavy atom. The van der Waals surface area contributed by atoms with Crippen LogP contribution in [0.25, 0.3) is 0 Å². The number of hydrogen-bond donors (Lipinski definition) is 0. The van der Waals surface area contributed by atoms with Gasteiger partial charge in [-0.05, 0) is 0 Å². The zero-order valence-corrected chi connectivity index (χ0v) is 12.3. The predicted molar refractivity (Wildman–Crippen MR) is 64.2 cm³/mol. The van der Waals surface area contributed by atoms with Gasteiger partial charge in [-0.1, -0.05) is 35.5 Å². The first-order valence-corrected chi connectivity index (χ1v) is 6.76. The van der Waals surface area contributed by atoms with Crippen molar-refractivity contribution >= 4 is 25.0 Å². The van der Waals surface area contributed by atoms with Gasteiger partial charge in [-0.15, -0.1) is 0 Å². The van der Waals surface area contributed by atoms with E-state index in [2.05, 4.69) is 24.3 Å². The fourth-order valence-corrected chi connectivity index (χ4v) is 1.79. The standard InChI is InChI=1S/C6H8Si.C3H10O3Si/c7-6-4-2-1-3-5-6;1-4-7(5-2)6-3/h1-5H,7H3;7H,1-3H3. The van der Waals surface area contributed by atoms with Crippen molar-refractivity contribution in [1.29, 1.82) is 0 Å². The van der Waals surface area contributed by atoms with Gasteiger partial charge in [0.15, 0.2) is 0 Å². The zero-order valence-electron chi connectivity index (χ0n) is 9.19. The van der Waals surface area contributed by atoms with Crippen LogP contribution in [0.1, 0.15) is 0 Å². The molecule has 1 aromatic carbocycles. The van der Waals surface area contributed by atoms with E-state index in [0.717, 1.165) is 0 Å². The molecule has 0 bridgehead atoms. The van der Waals surface area contributed by atoms with Crippen LogP contribution < -0.4 is 5.19 Å². The topological polar surface area (TPSA) is 27.7 Å². The summed E-state index contributed by atoms with van der Waals surface area (Å²) < 4.78 is 14.2. The minimum absolute atomic E-state index is 1.17. The maximum atomic E-state index is 4.74. The van der Waals surface area contributed by atoms with Gasteiger partial charge >= 0.3 is 9.53 Å². The second-order valence-electron chi connectivity index (χ2n) is 2.65. The van der Waals surface area contributed by atoms with Crippen molar-refractivity contribution in [2.75, 3.05) is 21.3 Å². The Morgan fingerprint density at radius 1 is 0.929 bits per heavy atom. The van der Waals surface area contributed by atoms with Crippen molar-refractivity contribution < 1.29 is 13.3 Å². The van der Waals surface area contributed by atoms with Crippen molar-refractivity contribution in [2.45, 2.75) is 0 Å². The first-order chi connectivity index (χ1) is 6.74. The molecular weight excluding hydrogens is 212 g/mol. The first kappa shape index (κ1) is 13.5. The lowest BCUT2D eigenvalue weighted by Crippen LogP contribution is -2.21. The normalized spacial score (nSPS) is 9.71. The van der Waals surface area contributed by atoms with E-state index in [-0.39, 0.29) is 0 Å². The summed E-state index contributed by atoms with van der Waals surface area (Å²) in [4.78, 5) is 0. The Morgan fingerprint density at radius 3 is 1.50 bits per heavy atom. The van der Waals surface area contributed by atoms with E-state index < -0.39 is 9.53 Å². The maximum absolute atomic E-state index is 4.74. The highest BCUT2D eigenvalue weighted by Gasteiger charge is 2.04. The third-order valence-corrected chi connectivity index (χ3v) is 3.34. The second-order valence-corrected chi connectivity index (χ2v) is 5.80. The van der Waals surface area contributed by atoms with E-state index in [1.165, 1.54) is 15.4 Å². The molecule has 3 nitrogen and oxygen atoms in total. The molecule has 14 heavy (non-hydrogen) atoms. The fraction of sp³-hybridized carbons (Fsp3) is 0.333. The van der Waals surface area contributed by atoms with Crippen LogP contribution in [0.2, 0.25) is 0 Å². The Hall–Kier alpha value is -0.466. The van der Waals surface area contributed by atoms with Crippen molar-refractivity contribution in [2.24, 2.45) is 0 Å². The monoisotopic (exact) mass is 230 g/mol. The van der Waals surface area contributed by atoms with Crippen molar-refractivity contribution in [3.8, 4) is 0 Å². The SMILES string of the molecule is CO[SiH](OC)OC.[SiH3]c1ccccc1. The average molecular weight is 230 g/mol. The van der Waals surface area contributed by atoms with E-state index in [0.29, 0.717) is 0 Å². The fourth-order valence-electron chi connectivity index (χ4n) is 0.823. The van der Waals surface area contributed by atoms with Crippen LogP contribution in [0.4, 0.5) is 0 Å². The summed E-state index contributed by atoms with van der Waals surface area (Å²) in [5.74, 6) is 0. The molecule has 0 amide bonds. The molecule has 5 heteroatoms. The van der Waals surface area contributed by atoms with Crippen molar-refractivity contribution in [3.63, 3.8) is 0 Å². The Labute approximate surface area is 90.4 Å². The van der Waals surface area contributed by atoms with E-state index in [4.69, 9.17) is 13.3 Å². The van der Waals surface area contributed by atoms with Crippen LogP contribution in [0.15, 0.2) is 30.3 Å². The predicted octanol–water partition coefficient (Wildman–Crippen LogP) is -0.680.